The van der Waals surface area contributed by atoms with E-state index in [0.29, 0.717) is 0 Å². The van der Waals surface area contributed by atoms with E-state index >= 15 is 0 Å². The second-order valence-corrected chi connectivity index (χ2v) is 6.35. The summed E-state index contributed by atoms with van der Waals surface area (Å²) in [5, 5.41) is 3.68. The third kappa shape index (κ3) is 3.06. The zero-order valence-electron chi connectivity index (χ0n) is 13.0. The molecular formula is C17H25FN2O. The van der Waals surface area contributed by atoms with E-state index in [1.807, 2.05) is 0 Å². The fourth-order valence-corrected chi connectivity index (χ4v) is 3.60. The number of benzene rings is 1. The number of hydrogen-bond donors (Lipinski definition) is 1. The SMILES string of the molecule is CCC1(CC)CN(CC2Cc3cc(F)ccc3O2)CCN1. The first-order valence-electron chi connectivity index (χ1n) is 8.06. The smallest absolute Gasteiger partial charge is 0.123 e. The molecule has 1 atom stereocenters. The quantitative estimate of drug-likeness (QED) is 0.923. The maximum Gasteiger partial charge on any atom is 0.123 e. The van der Waals surface area contributed by atoms with Crippen LogP contribution in [0.1, 0.15) is 32.3 Å². The molecule has 1 fully saturated rings. The van der Waals surface area contributed by atoms with Crippen LogP contribution >= 0.6 is 0 Å². The normalized spacial score (nSPS) is 24.6. The van der Waals surface area contributed by atoms with Gasteiger partial charge in [0.15, 0.2) is 0 Å². The van der Waals surface area contributed by atoms with E-state index in [1.165, 1.54) is 6.07 Å². The van der Waals surface area contributed by atoms with Crippen molar-refractivity contribution < 1.29 is 9.13 Å². The minimum absolute atomic E-state index is 0.159. The zero-order valence-corrected chi connectivity index (χ0v) is 13.0. The van der Waals surface area contributed by atoms with E-state index in [2.05, 4.69) is 24.1 Å². The van der Waals surface area contributed by atoms with Crippen LogP contribution in [0.2, 0.25) is 0 Å². The van der Waals surface area contributed by atoms with Crippen LogP contribution in [0.25, 0.3) is 0 Å². The van der Waals surface area contributed by atoms with Gasteiger partial charge in [-0.3, -0.25) is 4.90 Å². The first-order valence-corrected chi connectivity index (χ1v) is 8.06. The van der Waals surface area contributed by atoms with E-state index in [4.69, 9.17) is 4.74 Å². The van der Waals surface area contributed by atoms with Gasteiger partial charge >= 0.3 is 0 Å². The summed E-state index contributed by atoms with van der Waals surface area (Å²) in [6, 6.07) is 4.84. The number of hydrogen-bond acceptors (Lipinski definition) is 3. The highest BCUT2D eigenvalue weighted by atomic mass is 19.1. The predicted octanol–water partition coefficient (Wildman–Crippen LogP) is 2.59. The predicted molar refractivity (Wildman–Crippen MR) is 82.3 cm³/mol. The first kappa shape index (κ1) is 14.8. The summed E-state index contributed by atoms with van der Waals surface area (Å²) in [5.41, 5.74) is 1.25. The molecule has 2 aliphatic rings. The molecule has 4 heteroatoms. The number of halogens is 1. The first-order chi connectivity index (χ1) is 10.1. The van der Waals surface area contributed by atoms with Crippen molar-refractivity contribution in [2.75, 3.05) is 26.2 Å². The van der Waals surface area contributed by atoms with E-state index < -0.39 is 0 Å². The molecule has 1 saturated heterocycles. The molecule has 1 unspecified atom stereocenters. The van der Waals surface area contributed by atoms with Crippen molar-refractivity contribution in [1.82, 2.24) is 10.2 Å². The maximum absolute atomic E-state index is 13.3. The minimum atomic E-state index is -0.170. The summed E-state index contributed by atoms with van der Waals surface area (Å²) >= 11 is 0. The maximum atomic E-state index is 13.3. The summed E-state index contributed by atoms with van der Waals surface area (Å²) in [4.78, 5) is 2.50. The van der Waals surface area contributed by atoms with Gasteiger partial charge in [0.05, 0.1) is 0 Å². The summed E-state index contributed by atoms with van der Waals surface area (Å²) in [7, 11) is 0. The molecule has 3 nitrogen and oxygen atoms in total. The van der Waals surface area contributed by atoms with Gasteiger partial charge in [-0.1, -0.05) is 13.8 Å². The molecule has 0 radical (unpaired) electrons. The third-order valence-electron chi connectivity index (χ3n) is 5.03. The van der Waals surface area contributed by atoms with Gasteiger partial charge in [0.25, 0.3) is 0 Å². The van der Waals surface area contributed by atoms with Crippen LogP contribution in [0.5, 0.6) is 5.75 Å². The lowest BCUT2D eigenvalue weighted by atomic mass is 9.90. The lowest BCUT2D eigenvalue weighted by Crippen LogP contribution is -2.60. The Morgan fingerprint density at radius 3 is 2.95 bits per heavy atom. The van der Waals surface area contributed by atoms with Gasteiger partial charge in [-0.25, -0.2) is 4.39 Å². The Bertz CT molecular complexity index is 502. The van der Waals surface area contributed by atoms with Crippen molar-refractivity contribution in [3.05, 3.63) is 29.6 Å². The number of fused-ring (bicyclic) bond motifs is 1. The molecule has 21 heavy (non-hydrogen) atoms. The molecule has 1 N–H and O–H groups in total. The number of piperazine rings is 1. The standard InChI is InChI=1S/C17H25FN2O/c1-3-17(4-2)12-20(8-7-19-17)11-15-10-13-9-14(18)5-6-16(13)21-15/h5-6,9,15,19H,3-4,7-8,10-12H2,1-2H3. The largest absolute Gasteiger partial charge is 0.488 e. The van der Waals surface area contributed by atoms with Gasteiger partial charge in [0.1, 0.15) is 17.7 Å². The van der Waals surface area contributed by atoms with Crippen LogP contribution in [-0.2, 0) is 6.42 Å². The van der Waals surface area contributed by atoms with Gasteiger partial charge < -0.3 is 10.1 Å². The van der Waals surface area contributed by atoms with Crippen LogP contribution in [0, 0.1) is 5.82 Å². The molecule has 116 valence electrons. The highest BCUT2D eigenvalue weighted by Crippen LogP contribution is 2.30. The molecule has 1 aromatic carbocycles. The molecule has 3 rings (SSSR count). The molecule has 0 aliphatic carbocycles. The van der Waals surface area contributed by atoms with Gasteiger partial charge in [0.2, 0.25) is 0 Å². The van der Waals surface area contributed by atoms with Gasteiger partial charge in [-0.05, 0) is 31.0 Å². The fourth-order valence-electron chi connectivity index (χ4n) is 3.60. The van der Waals surface area contributed by atoms with Crippen LogP contribution in [0.15, 0.2) is 18.2 Å². The molecule has 2 aliphatic heterocycles. The number of nitrogens with zero attached hydrogens (tertiary/aromatic N) is 1. The minimum Gasteiger partial charge on any atom is -0.488 e. The second kappa shape index (κ2) is 5.93. The number of nitrogens with one attached hydrogen (secondary N) is 1. The summed E-state index contributed by atoms with van der Waals surface area (Å²) in [6.07, 6.45) is 3.28. The average molecular weight is 292 g/mol. The van der Waals surface area contributed by atoms with Crippen molar-refractivity contribution in [2.24, 2.45) is 0 Å². The van der Waals surface area contributed by atoms with E-state index in [1.54, 1.807) is 12.1 Å². The van der Waals surface area contributed by atoms with Crippen LogP contribution in [0.3, 0.4) is 0 Å². The van der Waals surface area contributed by atoms with Gasteiger partial charge in [-0.2, -0.15) is 0 Å². The Labute approximate surface area is 126 Å². The molecule has 0 saturated carbocycles. The summed E-state index contributed by atoms with van der Waals surface area (Å²) in [6.45, 7) is 8.61. The van der Waals surface area contributed by atoms with Crippen LogP contribution in [0.4, 0.5) is 4.39 Å². The monoisotopic (exact) mass is 292 g/mol. The average Bonchev–Trinajstić information content (AvgIpc) is 2.88. The second-order valence-electron chi connectivity index (χ2n) is 6.35. The van der Waals surface area contributed by atoms with Gasteiger partial charge in [-0.15, -0.1) is 0 Å². The Hall–Kier alpha value is -1.13. The Balaban J connectivity index is 1.61. The van der Waals surface area contributed by atoms with Crippen molar-refractivity contribution >= 4 is 0 Å². The summed E-state index contributed by atoms with van der Waals surface area (Å²) < 4.78 is 19.2. The topological polar surface area (TPSA) is 24.5 Å². The zero-order chi connectivity index (χ0) is 14.9. The molecule has 0 spiro atoms. The van der Waals surface area contributed by atoms with Crippen molar-refractivity contribution in [1.29, 1.82) is 0 Å². The molecule has 0 bridgehead atoms. The van der Waals surface area contributed by atoms with Crippen molar-refractivity contribution in [3.8, 4) is 5.75 Å². The summed E-state index contributed by atoms with van der Waals surface area (Å²) in [5.74, 6) is 0.685. The highest BCUT2D eigenvalue weighted by Gasteiger charge is 2.34. The third-order valence-corrected chi connectivity index (χ3v) is 5.03. The van der Waals surface area contributed by atoms with Crippen molar-refractivity contribution in [2.45, 2.75) is 44.8 Å². The Morgan fingerprint density at radius 1 is 1.38 bits per heavy atom. The molecule has 0 aromatic heterocycles. The van der Waals surface area contributed by atoms with Crippen LogP contribution < -0.4 is 10.1 Å². The van der Waals surface area contributed by atoms with E-state index in [-0.39, 0.29) is 17.5 Å². The number of ether oxygens (including phenoxy) is 1. The fraction of sp³-hybridized carbons (Fsp3) is 0.647. The Kier molecular flexibility index (Phi) is 4.18. The number of rotatable bonds is 4. The lowest BCUT2D eigenvalue weighted by molar-refractivity contribution is 0.0840. The van der Waals surface area contributed by atoms with Crippen molar-refractivity contribution in [3.63, 3.8) is 0 Å². The molecule has 2 heterocycles. The lowest BCUT2D eigenvalue weighted by Gasteiger charge is -2.43. The van der Waals surface area contributed by atoms with Crippen LogP contribution in [-0.4, -0.2) is 42.7 Å². The molecule has 0 amide bonds. The highest BCUT2D eigenvalue weighted by molar-refractivity contribution is 5.37. The van der Waals surface area contributed by atoms with E-state index in [9.17, 15) is 4.39 Å². The van der Waals surface area contributed by atoms with E-state index in [0.717, 1.165) is 56.8 Å². The Morgan fingerprint density at radius 2 is 2.19 bits per heavy atom. The molecule has 1 aromatic rings. The van der Waals surface area contributed by atoms with Gasteiger partial charge in [0, 0.05) is 43.7 Å². The molecular weight excluding hydrogens is 267 g/mol.